The minimum atomic E-state index is -2.68. The molecule has 23 heteroatoms. The predicted molar refractivity (Wildman–Crippen MR) is 439 cm³/mol. The third-order valence-corrected chi connectivity index (χ3v) is 49.6. The quantitative estimate of drug-likeness (QED) is 0.0321. The van der Waals surface area contributed by atoms with Gasteiger partial charge < -0.3 is 64.6 Å². The van der Waals surface area contributed by atoms with Crippen molar-refractivity contribution in [2.45, 2.75) is 400 Å². The Bertz CT molecular complexity index is 3010. The van der Waals surface area contributed by atoms with Gasteiger partial charge in [0.1, 0.15) is 30.2 Å². The first kappa shape index (κ1) is 89.7. The van der Waals surface area contributed by atoms with Crippen LogP contribution in [0.25, 0.3) is 0 Å². The van der Waals surface area contributed by atoms with Gasteiger partial charge in [0.25, 0.3) is 0 Å². The highest BCUT2D eigenvalue weighted by Gasteiger charge is 2.60. The average Bonchev–Trinajstić information content (AvgIpc) is 0.821. The molecule has 0 saturated carbocycles. The van der Waals surface area contributed by atoms with Crippen LogP contribution in [0.4, 0.5) is 0 Å². The second kappa shape index (κ2) is 35.7. The first-order chi connectivity index (χ1) is 47.4. The molecule has 6 fully saturated rings. The maximum Gasteiger partial charge on any atom is 0.193 e. The standard InChI is InChI=1S/C80H143IO16SSi5/c1-30-54-33-37-58(98(83)84)48-59(54)70(63-39-40-64-72(92-63)74(96-102(26,27)79(13,14)15)75(97-103(28,29)80(16,17)18)73(93-64)65(42-43-81)95-101(24,25)78(10,11)12)61(82)49-60-67(91-68(71(60)85-19)47-57(94-100(22,23)77(7,8)9)51-88-99(20,21)76(4,5)6)50-66-52(2)32-34-55(89-66)35-38-62-53(3)46-56(90-62)36-41-69-86-44-31-45-87-69/h33,37,42-43,48,55-57,60,62-75H,2-3,30-32,34-36,38-41,44-47,49-51H2,1,4-29H3,(H,83,84)/b43-42+/t55-,56+,57?,60+,62+,63-,64+,65+,66-,67+,68-,70?,71?,72?,73-,74?,75?/m1/s1. The Hall–Kier alpha value is -0.486. The van der Waals surface area contributed by atoms with Gasteiger partial charge in [-0.05, 0) is 199 Å². The van der Waals surface area contributed by atoms with Crippen molar-refractivity contribution in [3.8, 4) is 0 Å². The van der Waals surface area contributed by atoms with Crippen molar-refractivity contribution in [1.29, 1.82) is 0 Å². The smallest absolute Gasteiger partial charge is 0.193 e. The lowest BCUT2D eigenvalue weighted by atomic mass is 9.76. The lowest BCUT2D eigenvalue weighted by molar-refractivity contribution is -0.268. The van der Waals surface area contributed by atoms with Crippen LogP contribution in [0.15, 0.2) is 57.6 Å². The van der Waals surface area contributed by atoms with E-state index in [1.165, 1.54) is 0 Å². The molecule has 18 atom stereocenters. The number of rotatable bonds is 31. The van der Waals surface area contributed by atoms with Crippen LogP contribution in [0.3, 0.4) is 0 Å². The molecule has 1 aromatic rings. The number of Topliss-reactive ketones (excluding diaryl/α,β-unsaturated/α-hetero) is 1. The number of methoxy groups -OCH3 is 1. The molecule has 0 spiro atoms. The molecular weight excluding hydrogens is 1520 g/mol. The molecule has 6 aliphatic rings. The zero-order valence-electron chi connectivity index (χ0n) is 69.1. The van der Waals surface area contributed by atoms with Crippen molar-refractivity contribution < 1.29 is 73.6 Å². The van der Waals surface area contributed by atoms with Crippen molar-refractivity contribution in [3.63, 3.8) is 0 Å². The Morgan fingerprint density at radius 2 is 1.24 bits per heavy atom. The highest BCUT2D eigenvalue weighted by Crippen LogP contribution is 2.51. The normalized spacial score (nSPS) is 30.1. The van der Waals surface area contributed by atoms with Crippen LogP contribution >= 0.6 is 22.6 Å². The number of aryl methyl sites for hydroxylation is 1. The van der Waals surface area contributed by atoms with Crippen LogP contribution in [-0.2, 0) is 82.3 Å². The second-order valence-corrected chi connectivity index (χ2v) is 64.2. The molecule has 1 aromatic carbocycles. The summed E-state index contributed by atoms with van der Waals surface area (Å²) in [6.45, 7) is 70.1. The Morgan fingerprint density at radius 1 is 0.670 bits per heavy atom. The van der Waals surface area contributed by atoms with Crippen LogP contribution in [0.1, 0.15) is 211 Å². The summed E-state index contributed by atoms with van der Waals surface area (Å²) in [5, 5.41) is -0.612. The van der Waals surface area contributed by atoms with Crippen LogP contribution < -0.4 is 0 Å². The number of carbonyl (C=O) groups excluding carboxylic acids is 1. The number of hydrogen-bond acceptors (Lipinski definition) is 15. The van der Waals surface area contributed by atoms with Gasteiger partial charge >= 0.3 is 0 Å². The number of hydrogen-bond donors (Lipinski definition) is 1. The zero-order valence-corrected chi connectivity index (χ0v) is 77.0. The molecule has 16 nitrogen and oxygen atoms in total. The monoisotopic (exact) mass is 1660 g/mol. The fourth-order valence-electron chi connectivity index (χ4n) is 14.3. The average molecular weight is 1660 g/mol. The molecule has 7 unspecified atom stereocenters. The number of benzene rings is 1. The summed E-state index contributed by atoms with van der Waals surface area (Å²) in [6.07, 6.45) is 4.79. The molecule has 103 heavy (non-hydrogen) atoms. The van der Waals surface area contributed by atoms with E-state index in [-0.39, 0.29) is 79.1 Å². The van der Waals surface area contributed by atoms with Gasteiger partial charge in [-0.2, -0.15) is 0 Å². The summed E-state index contributed by atoms with van der Waals surface area (Å²) in [5.41, 5.74) is 3.72. The number of carbonyl (C=O) groups is 1. The van der Waals surface area contributed by atoms with Crippen molar-refractivity contribution in [2.24, 2.45) is 5.92 Å². The molecular formula is C80H143IO16SSi5. The first-order valence-corrected chi connectivity index (χ1v) is 56.0. The minimum absolute atomic E-state index is 0.0343. The van der Waals surface area contributed by atoms with E-state index in [1.807, 2.05) is 10.1 Å². The first-order valence-electron chi connectivity index (χ1n) is 39.1. The lowest BCUT2D eigenvalue weighted by Crippen LogP contribution is -2.69. The van der Waals surface area contributed by atoms with Gasteiger partial charge in [0, 0.05) is 38.7 Å². The Balaban J connectivity index is 1.31. The molecule has 0 aliphatic carbocycles. The maximum atomic E-state index is 16.9. The summed E-state index contributed by atoms with van der Waals surface area (Å²) < 4.78 is 120. The summed E-state index contributed by atoms with van der Waals surface area (Å²) >= 11 is -0.0404. The van der Waals surface area contributed by atoms with Crippen LogP contribution in [-0.4, -0.2) is 181 Å². The van der Waals surface area contributed by atoms with Gasteiger partial charge in [-0.3, -0.25) is 4.79 Å². The van der Waals surface area contributed by atoms with Gasteiger partial charge in [-0.15, -0.1) is 0 Å². The fourth-order valence-corrected chi connectivity index (χ4v) is 21.4. The molecule has 0 aromatic heterocycles. The summed E-state index contributed by atoms with van der Waals surface area (Å²) in [7, 11) is -10.7. The number of halogens is 1. The van der Waals surface area contributed by atoms with E-state index in [2.05, 4.69) is 218 Å². The number of ether oxygens (including phenoxy) is 8. The molecule has 6 heterocycles. The van der Waals surface area contributed by atoms with Gasteiger partial charge in [-0.1, -0.05) is 153 Å². The highest BCUT2D eigenvalue weighted by molar-refractivity contribution is 14.1. The SMILES string of the molecule is C=C1C[C@H](CCC2OCCCO2)O[C@H]1CC[C@H]1CCC(=C)[C@@H](C[C@@H]2O[C@H](CC(CO[Si](C)(C)C(C)(C)C)O[Si](C)(C)C(C)(C)C)C(OC)[C@H]2CC(=O)C(c2cc(S(=O)O)ccc2CC)[C@H]2CC[C@@H]3O[C@H]([C@H](/C=C/I)O[Si](C)(C)C(C)(C)C)C(O[Si](C)(C)C(C)(C)C)C(O[Si](C)(C)C(C)(C)C)C3O2)O1. The van der Waals surface area contributed by atoms with E-state index in [4.69, 9.17) is 60.0 Å². The van der Waals surface area contributed by atoms with E-state index >= 15 is 4.79 Å². The molecule has 6 saturated heterocycles. The van der Waals surface area contributed by atoms with Crippen molar-refractivity contribution in [1.82, 2.24) is 0 Å². The number of ketones is 1. The van der Waals surface area contributed by atoms with Crippen molar-refractivity contribution >= 4 is 81.0 Å². The Kier molecular flexibility index (Phi) is 31.1. The maximum absolute atomic E-state index is 16.9. The zero-order chi connectivity index (χ0) is 77.2. The summed E-state index contributed by atoms with van der Waals surface area (Å²) in [6, 6.07) is 5.40. The summed E-state index contributed by atoms with van der Waals surface area (Å²) in [4.78, 5) is 17.1. The molecule has 7 rings (SSSR count). The third-order valence-electron chi connectivity index (χ3n) is 26.0. The molecule has 0 amide bonds. The molecule has 1 N–H and O–H groups in total. The summed E-state index contributed by atoms with van der Waals surface area (Å²) in [5.74, 6) is -1.42. The Labute approximate surface area is 646 Å². The van der Waals surface area contributed by atoms with Crippen LogP contribution in [0, 0.1) is 5.92 Å². The van der Waals surface area contributed by atoms with E-state index in [0.717, 1.165) is 81.3 Å². The third kappa shape index (κ3) is 22.7. The van der Waals surface area contributed by atoms with E-state index in [1.54, 1.807) is 19.2 Å². The van der Waals surface area contributed by atoms with Gasteiger partial charge in [-0.25, -0.2) is 4.21 Å². The Morgan fingerprint density at radius 3 is 1.81 bits per heavy atom. The van der Waals surface area contributed by atoms with Gasteiger partial charge in [0.2, 0.25) is 0 Å². The molecule has 592 valence electrons. The van der Waals surface area contributed by atoms with Crippen LogP contribution in [0.5, 0.6) is 0 Å². The van der Waals surface area contributed by atoms with E-state index in [9.17, 15) is 8.76 Å². The highest BCUT2D eigenvalue weighted by atomic mass is 127. The van der Waals surface area contributed by atoms with E-state index < -0.39 is 126 Å². The largest absolute Gasteiger partial charge is 0.414 e. The molecule has 6 aliphatic heterocycles. The van der Waals surface area contributed by atoms with Crippen molar-refractivity contribution in [2.75, 3.05) is 26.9 Å². The van der Waals surface area contributed by atoms with E-state index in [0.29, 0.717) is 44.3 Å². The van der Waals surface area contributed by atoms with Gasteiger partial charge in [0.05, 0.1) is 97.8 Å². The minimum Gasteiger partial charge on any atom is -0.414 e. The van der Waals surface area contributed by atoms with Crippen LogP contribution in [0.2, 0.25) is 90.7 Å². The second-order valence-electron chi connectivity index (χ2n) is 38.7. The van der Waals surface area contributed by atoms with Gasteiger partial charge in [0.15, 0.2) is 59.0 Å². The molecule has 0 radical (unpaired) electrons. The predicted octanol–water partition coefficient (Wildman–Crippen LogP) is 20.0. The topological polar surface area (TPSA) is 174 Å². The molecule has 0 bridgehead atoms. The van der Waals surface area contributed by atoms with Crippen molar-refractivity contribution in [3.05, 3.63) is 63.8 Å². The number of fused-ring (bicyclic) bond motifs is 1. The lowest BCUT2D eigenvalue weighted by Gasteiger charge is -2.56. The fraction of sp³-hybridized carbons (Fsp3) is 0.838.